The van der Waals surface area contributed by atoms with Gasteiger partial charge in [-0.15, -0.1) is 0 Å². The molecule has 0 amide bonds. The van der Waals surface area contributed by atoms with Gasteiger partial charge in [-0.05, 0) is 25.8 Å². The molecule has 0 fully saturated rings. The van der Waals surface area contributed by atoms with Crippen molar-refractivity contribution in [2.24, 2.45) is 5.73 Å². The first kappa shape index (κ1) is 13.2. The Kier molecular flexibility index (Phi) is 5.46. The van der Waals surface area contributed by atoms with Crippen molar-refractivity contribution in [2.75, 3.05) is 6.54 Å². The van der Waals surface area contributed by atoms with Crippen LogP contribution in [-0.2, 0) is 11.2 Å². The topological polar surface area (TPSA) is 55.5 Å². The van der Waals surface area contributed by atoms with E-state index < -0.39 is 6.10 Å². The number of aliphatic hydroxyl groups is 1. The van der Waals surface area contributed by atoms with E-state index in [9.17, 15) is 5.11 Å². The van der Waals surface area contributed by atoms with E-state index >= 15 is 0 Å². The van der Waals surface area contributed by atoms with Crippen LogP contribution in [0.1, 0.15) is 19.4 Å². The van der Waals surface area contributed by atoms with Crippen LogP contribution in [0.2, 0.25) is 0 Å². The van der Waals surface area contributed by atoms with Crippen molar-refractivity contribution in [1.82, 2.24) is 0 Å². The molecular formula is C13H21NO2. The normalized spacial score (nSPS) is 16.8. The van der Waals surface area contributed by atoms with Crippen molar-refractivity contribution in [3.63, 3.8) is 0 Å². The van der Waals surface area contributed by atoms with Crippen molar-refractivity contribution >= 4 is 0 Å². The van der Waals surface area contributed by atoms with E-state index in [1.807, 2.05) is 25.1 Å². The summed E-state index contributed by atoms with van der Waals surface area (Å²) >= 11 is 0. The minimum atomic E-state index is -0.468. The van der Waals surface area contributed by atoms with Gasteiger partial charge in [0.05, 0.1) is 18.3 Å². The summed E-state index contributed by atoms with van der Waals surface area (Å²) in [4.78, 5) is 0. The number of rotatable bonds is 6. The second kappa shape index (κ2) is 6.63. The highest BCUT2D eigenvalue weighted by molar-refractivity contribution is 5.15. The minimum Gasteiger partial charge on any atom is -0.391 e. The smallest absolute Gasteiger partial charge is 0.0807 e. The van der Waals surface area contributed by atoms with E-state index in [2.05, 4.69) is 12.1 Å². The third kappa shape index (κ3) is 4.31. The van der Waals surface area contributed by atoms with Gasteiger partial charge in [0.2, 0.25) is 0 Å². The zero-order valence-electron chi connectivity index (χ0n) is 9.97. The molecule has 0 spiro atoms. The number of ether oxygens (including phenoxy) is 1. The molecule has 3 N–H and O–H groups in total. The predicted molar refractivity (Wildman–Crippen MR) is 65.2 cm³/mol. The summed E-state index contributed by atoms with van der Waals surface area (Å²) in [7, 11) is 0. The molecule has 0 aliphatic heterocycles. The summed E-state index contributed by atoms with van der Waals surface area (Å²) < 4.78 is 5.69. The van der Waals surface area contributed by atoms with Gasteiger partial charge in [-0.1, -0.05) is 30.3 Å². The van der Waals surface area contributed by atoms with Crippen LogP contribution < -0.4 is 5.73 Å². The maximum atomic E-state index is 9.37. The molecule has 1 aromatic rings. The van der Waals surface area contributed by atoms with E-state index in [-0.39, 0.29) is 12.2 Å². The molecule has 3 unspecified atom stereocenters. The highest BCUT2D eigenvalue weighted by atomic mass is 16.5. The summed E-state index contributed by atoms with van der Waals surface area (Å²) in [5.74, 6) is 0. The molecule has 0 bridgehead atoms. The Bertz CT molecular complexity index is 287. The lowest BCUT2D eigenvalue weighted by molar-refractivity contribution is -0.0571. The number of aliphatic hydroxyl groups excluding tert-OH is 1. The van der Waals surface area contributed by atoms with Gasteiger partial charge in [0, 0.05) is 6.54 Å². The van der Waals surface area contributed by atoms with Gasteiger partial charge in [-0.3, -0.25) is 0 Å². The fourth-order valence-corrected chi connectivity index (χ4v) is 1.48. The maximum absolute atomic E-state index is 9.37. The van der Waals surface area contributed by atoms with Crippen LogP contribution in [0, 0.1) is 0 Å². The molecule has 16 heavy (non-hydrogen) atoms. The lowest BCUT2D eigenvalue weighted by Gasteiger charge is -2.23. The Balaban J connectivity index is 2.49. The minimum absolute atomic E-state index is 0.0352. The molecule has 1 aromatic carbocycles. The van der Waals surface area contributed by atoms with Gasteiger partial charge < -0.3 is 15.6 Å². The second-order valence-corrected chi connectivity index (χ2v) is 4.13. The molecule has 0 radical (unpaired) electrons. The van der Waals surface area contributed by atoms with Crippen molar-refractivity contribution in [3.8, 4) is 0 Å². The largest absolute Gasteiger partial charge is 0.391 e. The molecule has 0 heterocycles. The fraction of sp³-hybridized carbons (Fsp3) is 0.538. The number of nitrogens with two attached hydrogens (primary N) is 1. The molecule has 0 saturated heterocycles. The van der Waals surface area contributed by atoms with Crippen LogP contribution in [0.3, 0.4) is 0 Å². The Morgan fingerprint density at radius 2 is 1.88 bits per heavy atom. The SMILES string of the molecule is CC(O)C(C)OC(CN)Cc1ccccc1. The molecular weight excluding hydrogens is 202 g/mol. The fourth-order valence-electron chi connectivity index (χ4n) is 1.48. The van der Waals surface area contributed by atoms with Crippen molar-refractivity contribution < 1.29 is 9.84 Å². The molecule has 0 aromatic heterocycles. The van der Waals surface area contributed by atoms with E-state index in [1.54, 1.807) is 6.92 Å². The summed E-state index contributed by atoms with van der Waals surface area (Å²) in [6, 6.07) is 10.1. The monoisotopic (exact) mass is 223 g/mol. The molecule has 0 saturated carbocycles. The predicted octanol–water partition coefficient (Wildman–Crippen LogP) is 1.34. The third-order valence-corrected chi connectivity index (χ3v) is 2.66. The molecule has 3 heteroatoms. The standard InChI is InChI=1S/C13H21NO2/c1-10(15)11(2)16-13(9-14)8-12-6-4-3-5-7-12/h3-7,10-11,13,15H,8-9,14H2,1-2H3. The van der Waals surface area contributed by atoms with Crippen molar-refractivity contribution in [1.29, 1.82) is 0 Å². The van der Waals surface area contributed by atoms with Gasteiger partial charge in [-0.25, -0.2) is 0 Å². The van der Waals surface area contributed by atoms with Gasteiger partial charge in [0.25, 0.3) is 0 Å². The van der Waals surface area contributed by atoms with E-state index in [0.717, 1.165) is 6.42 Å². The Labute approximate surface area is 97.2 Å². The van der Waals surface area contributed by atoms with Crippen LogP contribution >= 0.6 is 0 Å². The van der Waals surface area contributed by atoms with E-state index in [4.69, 9.17) is 10.5 Å². The van der Waals surface area contributed by atoms with Crippen LogP contribution in [0.4, 0.5) is 0 Å². The van der Waals surface area contributed by atoms with Crippen LogP contribution in [-0.4, -0.2) is 30.0 Å². The zero-order chi connectivity index (χ0) is 12.0. The Morgan fingerprint density at radius 3 is 2.38 bits per heavy atom. The second-order valence-electron chi connectivity index (χ2n) is 4.13. The maximum Gasteiger partial charge on any atom is 0.0807 e. The Morgan fingerprint density at radius 1 is 1.25 bits per heavy atom. The summed E-state index contributed by atoms with van der Waals surface area (Å²) in [6.45, 7) is 4.05. The molecule has 90 valence electrons. The molecule has 3 nitrogen and oxygen atoms in total. The lowest BCUT2D eigenvalue weighted by Crippen LogP contribution is -2.34. The molecule has 3 atom stereocenters. The van der Waals surface area contributed by atoms with E-state index in [0.29, 0.717) is 6.54 Å². The van der Waals surface area contributed by atoms with Gasteiger partial charge >= 0.3 is 0 Å². The average molecular weight is 223 g/mol. The van der Waals surface area contributed by atoms with Crippen LogP contribution in [0.5, 0.6) is 0 Å². The highest BCUT2D eigenvalue weighted by Crippen LogP contribution is 2.09. The summed E-state index contributed by atoms with van der Waals surface area (Å²) in [5, 5.41) is 9.37. The summed E-state index contributed by atoms with van der Waals surface area (Å²) in [5.41, 5.74) is 6.87. The number of hydrogen-bond acceptors (Lipinski definition) is 3. The van der Waals surface area contributed by atoms with Gasteiger partial charge in [0.1, 0.15) is 0 Å². The first-order valence-corrected chi connectivity index (χ1v) is 5.71. The molecule has 1 rings (SSSR count). The first-order valence-electron chi connectivity index (χ1n) is 5.71. The third-order valence-electron chi connectivity index (χ3n) is 2.66. The van der Waals surface area contributed by atoms with Gasteiger partial charge in [0.15, 0.2) is 0 Å². The zero-order valence-corrected chi connectivity index (χ0v) is 9.97. The average Bonchev–Trinajstić information content (AvgIpc) is 2.29. The highest BCUT2D eigenvalue weighted by Gasteiger charge is 2.15. The molecule has 0 aliphatic rings. The molecule has 0 aliphatic carbocycles. The lowest BCUT2D eigenvalue weighted by atomic mass is 10.1. The summed E-state index contributed by atoms with van der Waals surface area (Å²) in [6.07, 6.45) is 0.100. The van der Waals surface area contributed by atoms with Crippen LogP contribution in [0.25, 0.3) is 0 Å². The quantitative estimate of drug-likeness (QED) is 0.765. The van der Waals surface area contributed by atoms with E-state index in [1.165, 1.54) is 5.56 Å². The number of hydrogen-bond donors (Lipinski definition) is 2. The van der Waals surface area contributed by atoms with Gasteiger partial charge in [-0.2, -0.15) is 0 Å². The number of benzene rings is 1. The Hall–Kier alpha value is -0.900. The first-order chi connectivity index (χ1) is 7.63. The van der Waals surface area contributed by atoms with Crippen molar-refractivity contribution in [2.45, 2.75) is 38.6 Å². The van der Waals surface area contributed by atoms with Crippen molar-refractivity contribution in [3.05, 3.63) is 35.9 Å². The van der Waals surface area contributed by atoms with Crippen LogP contribution in [0.15, 0.2) is 30.3 Å².